The van der Waals surface area contributed by atoms with Crippen LogP contribution in [0.2, 0.25) is 0 Å². The molecule has 0 radical (unpaired) electrons. The minimum Gasteiger partial charge on any atom is -0.496 e. The van der Waals surface area contributed by atoms with Gasteiger partial charge in [-0.15, -0.1) is 0 Å². The number of methoxy groups -OCH3 is 3. The molecular weight excluding hydrogens is 370 g/mol. The number of aryl methyl sites for hydroxylation is 1. The highest BCUT2D eigenvalue weighted by molar-refractivity contribution is 5.74. The lowest BCUT2D eigenvalue weighted by Gasteiger charge is -2.40. The molecule has 0 aromatic heterocycles. The number of likely N-dealkylation sites (tertiary alicyclic amines) is 1. The SMILES string of the molecule is COc1cc(OC)c(C(c2cccc(C)c2)N2CCCCC2C(=O)O)cc1OC. The summed E-state index contributed by atoms with van der Waals surface area (Å²) in [4.78, 5) is 14.1. The quantitative estimate of drug-likeness (QED) is 0.758. The van der Waals surface area contributed by atoms with E-state index in [0.29, 0.717) is 30.2 Å². The van der Waals surface area contributed by atoms with Crippen LogP contribution in [-0.2, 0) is 4.79 Å². The number of piperidine rings is 1. The van der Waals surface area contributed by atoms with Crippen LogP contribution in [0.1, 0.15) is 42.0 Å². The summed E-state index contributed by atoms with van der Waals surface area (Å²) in [5.74, 6) is 1.01. The van der Waals surface area contributed by atoms with Crippen molar-refractivity contribution in [2.75, 3.05) is 27.9 Å². The highest BCUT2D eigenvalue weighted by Crippen LogP contribution is 2.43. The van der Waals surface area contributed by atoms with Crippen LogP contribution in [0.3, 0.4) is 0 Å². The van der Waals surface area contributed by atoms with E-state index in [1.54, 1.807) is 27.4 Å². The second kappa shape index (κ2) is 9.18. The molecule has 1 heterocycles. The van der Waals surface area contributed by atoms with Gasteiger partial charge in [0.05, 0.1) is 27.4 Å². The van der Waals surface area contributed by atoms with Gasteiger partial charge >= 0.3 is 5.97 Å². The maximum absolute atomic E-state index is 12.1. The van der Waals surface area contributed by atoms with E-state index in [4.69, 9.17) is 14.2 Å². The third kappa shape index (κ3) is 4.32. The Hall–Kier alpha value is -2.73. The minimum absolute atomic E-state index is 0.272. The molecule has 1 N–H and O–H groups in total. The minimum atomic E-state index is -0.790. The van der Waals surface area contributed by atoms with E-state index in [1.807, 2.05) is 31.2 Å². The molecule has 1 aliphatic heterocycles. The van der Waals surface area contributed by atoms with E-state index in [2.05, 4.69) is 11.0 Å². The van der Waals surface area contributed by atoms with Gasteiger partial charge in [0, 0.05) is 11.6 Å². The van der Waals surface area contributed by atoms with E-state index in [-0.39, 0.29) is 6.04 Å². The van der Waals surface area contributed by atoms with Crippen LogP contribution in [0.25, 0.3) is 0 Å². The van der Waals surface area contributed by atoms with Gasteiger partial charge in [0.1, 0.15) is 11.8 Å². The van der Waals surface area contributed by atoms with E-state index < -0.39 is 12.0 Å². The molecule has 6 nitrogen and oxygen atoms in total. The summed E-state index contributed by atoms with van der Waals surface area (Å²) in [5, 5.41) is 9.90. The van der Waals surface area contributed by atoms with Crippen LogP contribution in [0.5, 0.6) is 17.2 Å². The summed E-state index contributed by atoms with van der Waals surface area (Å²) in [6, 6.07) is 11.1. The fourth-order valence-electron chi connectivity index (χ4n) is 4.18. The Morgan fingerprint density at radius 3 is 2.34 bits per heavy atom. The third-order valence-corrected chi connectivity index (χ3v) is 5.55. The lowest BCUT2D eigenvalue weighted by Crippen LogP contribution is -2.47. The van der Waals surface area contributed by atoms with E-state index >= 15 is 0 Å². The van der Waals surface area contributed by atoms with Crippen molar-refractivity contribution in [1.82, 2.24) is 4.90 Å². The smallest absolute Gasteiger partial charge is 0.320 e. The molecule has 3 rings (SSSR count). The Kier molecular flexibility index (Phi) is 6.64. The molecular formula is C23H29NO5. The first-order valence-corrected chi connectivity index (χ1v) is 9.85. The maximum atomic E-state index is 12.1. The van der Waals surface area contributed by atoms with Crippen LogP contribution in [0.15, 0.2) is 36.4 Å². The Labute approximate surface area is 172 Å². The average molecular weight is 399 g/mol. The number of rotatable bonds is 7. The number of carbonyl (C=O) groups is 1. The summed E-state index contributed by atoms with van der Waals surface area (Å²) < 4.78 is 16.7. The third-order valence-electron chi connectivity index (χ3n) is 5.55. The fourth-order valence-corrected chi connectivity index (χ4v) is 4.18. The topological polar surface area (TPSA) is 68.2 Å². The number of carboxylic acids is 1. The Bertz CT molecular complexity index is 866. The molecule has 1 fully saturated rings. The first-order chi connectivity index (χ1) is 14.0. The Balaban J connectivity index is 2.22. The van der Waals surface area contributed by atoms with E-state index in [1.165, 1.54) is 0 Å². The van der Waals surface area contributed by atoms with Gasteiger partial charge in [-0.3, -0.25) is 9.69 Å². The van der Waals surface area contributed by atoms with Crippen molar-refractivity contribution in [3.05, 3.63) is 53.1 Å². The molecule has 2 aromatic carbocycles. The number of hydrogen-bond acceptors (Lipinski definition) is 5. The van der Waals surface area contributed by atoms with Crippen LogP contribution >= 0.6 is 0 Å². The zero-order valence-corrected chi connectivity index (χ0v) is 17.5. The largest absolute Gasteiger partial charge is 0.496 e. The molecule has 0 aliphatic carbocycles. The van der Waals surface area contributed by atoms with Gasteiger partial charge in [0.15, 0.2) is 11.5 Å². The summed E-state index contributed by atoms with van der Waals surface area (Å²) in [6.07, 6.45) is 2.51. The first kappa shape index (κ1) is 21.0. The summed E-state index contributed by atoms with van der Waals surface area (Å²) >= 11 is 0. The van der Waals surface area contributed by atoms with Gasteiger partial charge in [0.25, 0.3) is 0 Å². The average Bonchev–Trinajstić information content (AvgIpc) is 2.73. The molecule has 0 amide bonds. The summed E-state index contributed by atoms with van der Waals surface area (Å²) in [7, 11) is 4.79. The van der Waals surface area contributed by atoms with Gasteiger partial charge in [-0.25, -0.2) is 0 Å². The molecule has 0 spiro atoms. The van der Waals surface area contributed by atoms with Gasteiger partial charge in [-0.2, -0.15) is 0 Å². The molecule has 0 bridgehead atoms. The van der Waals surface area contributed by atoms with Crippen molar-refractivity contribution in [2.45, 2.75) is 38.3 Å². The predicted molar refractivity (Wildman–Crippen MR) is 111 cm³/mol. The number of nitrogens with zero attached hydrogens (tertiary/aromatic N) is 1. The van der Waals surface area contributed by atoms with Crippen LogP contribution in [-0.4, -0.2) is 49.9 Å². The molecule has 2 atom stereocenters. The standard InChI is InChI=1S/C23H29NO5/c1-15-8-7-9-16(12-15)22(24-11-6-5-10-18(24)23(25)26)17-13-20(28-3)21(29-4)14-19(17)27-2/h7-9,12-14,18,22H,5-6,10-11H2,1-4H3,(H,25,26). The van der Waals surface area contributed by atoms with Crippen molar-refractivity contribution in [3.63, 3.8) is 0 Å². The molecule has 1 aliphatic rings. The van der Waals surface area contributed by atoms with Crippen molar-refractivity contribution in [2.24, 2.45) is 0 Å². The highest BCUT2D eigenvalue weighted by Gasteiger charge is 2.36. The lowest BCUT2D eigenvalue weighted by atomic mass is 9.90. The zero-order chi connectivity index (χ0) is 21.0. The van der Waals surface area contributed by atoms with Gasteiger partial charge < -0.3 is 19.3 Å². The second-order valence-corrected chi connectivity index (χ2v) is 7.35. The number of ether oxygens (including phenoxy) is 3. The van der Waals surface area contributed by atoms with E-state index in [0.717, 1.165) is 29.5 Å². The second-order valence-electron chi connectivity index (χ2n) is 7.35. The number of aliphatic carboxylic acids is 1. The van der Waals surface area contributed by atoms with Gasteiger partial charge in [-0.1, -0.05) is 36.2 Å². The molecule has 156 valence electrons. The summed E-state index contributed by atoms with van der Waals surface area (Å²) in [5.41, 5.74) is 3.02. The molecule has 1 saturated heterocycles. The molecule has 0 saturated carbocycles. The van der Waals surface area contributed by atoms with Crippen LogP contribution in [0.4, 0.5) is 0 Å². The maximum Gasteiger partial charge on any atom is 0.320 e. The molecule has 2 unspecified atom stereocenters. The number of carboxylic acid groups (broad SMARTS) is 1. The number of hydrogen-bond donors (Lipinski definition) is 1. The first-order valence-electron chi connectivity index (χ1n) is 9.85. The number of benzene rings is 2. The van der Waals surface area contributed by atoms with E-state index in [9.17, 15) is 9.90 Å². The Morgan fingerprint density at radius 2 is 1.72 bits per heavy atom. The lowest BCUT2D eigenvalue weighted by molar-refractivity contribution is -0.145. The predicted octanol–water partition coefficient (Wildman–Crippen LogP) is 4.05. The van der Waals surface area contributed by atoms with Gasteiger partial charge in [-0.05, 0) is 37.9 Å². The molecule has 29 heavy (non-hydrogen) atoms. The Morgan fingerprint density at radius 1 is 1.03 bits per heavy atom. The highest BCUT2D eigenvalue weighted by atomic mass is 16.5. The van der Waals surface area contributed by atoms with Gasteiger partial charge in [0.2, 0.25) is 0 Å². The van der Waals surface area contributed by atoms with Crippen molar-refractivity contribution in [1.29, 1.82) is 0 Å². The van der Waals surface area contributed by atoms with Crippen LogP contribution < -0.4 is 14.2 Å². The monoisotopic (exact) mass is 399 g/mol. The van der Waals surface area contributed by atoms with Crippen molar-refractivity contribution >= 4 is 5.97 Å². The van der Waals surface area contributed by atoms with Crippen LogP contribution in [0, 0.1) is 6.92 Å². The molecule has 2 aromatic rings. The fraction of sp³-hybridized carbons (Fsp3) is 0.435. The van der Waals surface area contributed by atoms with Crippen molar-refractivity contribution < 1.29 is 24.1 Å². The molecule has 6 heteroatoms. The zero-order valence-electron chi connectivity index (χ0n) is 17.5. The normalized spacial score (nSPS) is 18.1. The summed E-state index contributed by atoms with van der Waals surface area (Å²) in [6.45, 7) is 2.74. The van der Waals surface area contributed by atoms with Crippen molar-refractivity contribution in [3.8, 4) is 17.2 Å².